The Kier molecular flexibility index (Phi) is 42.2. The second kappa shape index (κ2) is 44.7. The molecule has 2 aliphatic heterocycles. The molecule has 83 heavy (non-hydrogen) atoms. The van der Waals surface area contributed by atoms with Crippen molar-refractivity contribution < 1.29 is 129 Å². The lowest BCUT2D eigenvalue weighted by Gasteiger charge is -2.43. The third-order valence-electron chi connectivity index (χ3n) is 14.9. The molecular weight excluding hydrogens is 1120 g/mol. The lowest BCUT2D eigenvalue weighted by molar-refractivity contribution is -0.314. The standard InChI is InChI=1S/C56H110O26S/c1-5-7-9-11-13-15-17-19-21-23-73-29-55(33-77-53(49(69)70)79-39(25-57)37(3)61,31-75-51-47(67)45(65)43(63)41(27-59)81-51)35-83-36-56(30-74-24-22-20-18-16-14-12-10-8-6-2,34-78-54(50(71)72)80-40(26-58)38(4)62)32-76-52-48(68)46(66)44(64)42(28-60)82-52/h37-54,57-72H,5-36H2,1-4H3/t37-,38-,39?,40?,41?,42?,43?,44?,45?,46?,47?,48?,51?,52?,53?,54?,55?,56?/m0/s1. The molecule has 2 heterocycles. The van der Waals surface area contributed by atoms with Crippen molar-refractivity contribution in [2.24, 2.45) is 10.8 Å². The molecule has 26 nitrogen and oxygen atoms in total. The maximum Gasteiger partial charge on any atom is 0.209 e. The van der Waals surface area contributed by atoms with Crippen molar-refractivity contribution in [3.05, 3.63) is 0 Å². The minimum Gasteiger partial charge on any atom is -0.394 e. The SMILES string of the molecule is CCCCCCCCCCCOCC(COC(OC(CO)[C@H](C)O)C(O)O)(COC1OC(CO)C(O)C(O)C1O)CSCC(COCCCCCCCCCCC)(COC(OC(CO)[C@H](C)O)C(O)O)COC1OC(CO)C(O)C(O)C1O. The van der Waals surface area contributed by atoms with Crippen LogP contribution in [-0.2, 0) is 47.4 Å². The highest BCUT2D eigenvalue weighted by molar-refractivity contribution is 7.99. The lowest BCUT2D eigenvalue weighted by atomic mass is 9.93. The molecule has 2 aliphatic rings. The molecule has 18 atom stereocenters. The van der Waals surface area contributed by atoms with Gasteiger partial charge in [0.15, 0.2) is 12.6 Å². The molecule has 16 N–H and O–H groups in total. The Morgan fingerprint density at radius 3 is 1.04 bits per heavy atom. The first kappa shape index (κ1) is 78.4. The number of rotatable bonds is 52. The summed E-state index contributed by atoms with van der Waals surface area (Å²) in [6, 6.07) is 0. The second-order valence-corrected chi connectivity index (χ2v) is 23.6. The van der Waals surface area contributed by atoms with E-state index in [1.807, 2.05) is 0 Å². The summed E-state index contributed by atoms with van der Waals surface area (Å²) in [5.41, 5.74) is -2.95. The summed E-state index contributed by atoms with van der Waals surface area (Å²) in [6.45, 7) is 1.89. The molecule has 0 aromatic carbocycles. The Labute approximate surface area is 495 Å². The van der Waals surface area contributed by atoms with E-state index in [4.69, 9.17) is 47.4 Å². The van der Waals surface area contributed by atoms with Crippen molar-refractivity contribution in [1.29, 1.82) is 0 Å². The Balaban J connectivity index is 2.74. The van der Waals surface area contributed by atoms with Crippen LogP contribution >= 0.6 is 11.8 Å². The van der Waals surface area contributed by atoms with Crippen LogP contribution in [-0.4, -0.2) is 283 Å². The maximum absolute atomic E-state index is 11.1. The van der Waals surface area contributed by atoms with E-state index in [0.717, 1.165) is 88.8 Å². The summed E-state index contributed by atoms with van der Waals surface area (Å²) in [6.07, 6.45) is -12.3. The van der Waals surface area contributed by atoms with Gasteiger partial charge in [0.25, 0.3) is 0 Å². The Bertz CT molecular complexity index is 1440. The molecule has 0 spiro atoms. The normalized spacial score (nSPS) is 27.1. The highest BCUT2D eigenvalue weighted by Crippen LogP contribution is 2.36. The van der Waals surface area contributed by atoms with Gasteiger partial charge in [0, 0.05) is 35.5 Å². The summed E-state index contributed by atoms with van der Waals surface area (Å²) < 4.78 is 60.0. The van der Waals surface area contributed by atoms with Crippen molar-refractivity contribution in [2.45, 2.75) is 254 Å². The molecule has 0 radical (unpaired) electrons. The molecule has 0 amide bonds. The van der Waals surface area contributed by atoms with Crippen molar-refractivity contribution in [3.8, 4) is 0 Å². The average molecular weight is 1230 g/mol. The third kappa shape index (κ3) is 29.7. The number of thioether (sulfide) groups is 1. The van der Waals surface area contributed by atoms with Gasteiger partial charge >= 0.3 is 0 Å². The third-order valence-corrected chi connectivity index (χ3v) is 16.5. The van der Waals surface area contributed by atoms with Gasteiger partial charge < -0.3 is 129 Å². The monoisotopic (exact) mass is 1230 g/mol. The van der Waals surface area contributed by atoms with E-state index in [2.05, 4.69) is 13.8 Å². The molecule has 27 heteroatoms. The fraction of sp³-hybridized carbons (Fsp3) is 1.00. The minimum atomic E-state index is -2.34. The van der Waals surface area contributed by atoms with Crippen LogP contribution in [0.1, 0.15) is 143 Å². The quantitative estimate of drug-likeness (QED) is 0.0263. The van der Waals surface area contributed by atoms with Gasteiger partial charge in [-0.1, -0.05) is 117 Å². The first-order valence-corrected chi connectivity index (χ1v) is 31.3. The molecular formula is C56H110O26S. The molecule has 2 saturated heterocycles. The van der Waals surface area contributed by atoms with Crippen LogP contribution in [0.4, 0.5) is 0 Å². The van der Waals surface area contributed by atoms with Crippen LogP contribution in [0.25, 0.3) is 0 Å². The zero-order valence-corrected chi connectivity index (χ0v) is 50.5. The molecule has 0 aromatic rings. The van der Waals surface area contributed by atoms with Crippen LogP contribution in [0.2, 0.25) is 0 Å². The van der Waals surface area contributed by atoms with Crippen molar-refractivity contribution in [3.63, 3.8) is 0 Å². The van der Waals surface area contributed by atoms with E-state index in [9.17, 15) is 81.7 Å². The summed E-state index contributed by atoms with van der Waals surface area (Å²) in [5, 5.41) is 168. The van der Waals surface area contributed by atoms with Crippen LogP contribution in [0.3, 0.4) is 0 Å². The number of unbranched alkanes of at least 4 members (excludes halogenated alkanes) is 16. The number of ether oxygens (including phenoxy) is 10. The van der Waals surface area contributed by atoms with Crippen LogP contribution in [0.5, 0.6) is 0 Å². The Morgan fingerprint density at radius 1 is 0.422 bits per heavy atom. The van der Waals surface area contributed by atoms with Gasteiger partial charge in [-0.05, 0) is 26.7 Å². The van der Waals surface area contributed by atoms with Crippen molar-refractivity contribution >= 4 is 11.8 Å². The molecule has 0 saturated carbocycles. The fourth-order valence-electron chi connectivity index (χ4n) is 9.39. The van der Waals surface area contributed by atoms with Gasteiger partial charge in [-0.25, -0.2) is 0 Å². The Hall–Kier alpha value is -0.690. The largest absolute Gasteiger partial charge is 0.394 e. The molecule has 16 unspecified atom stereocenters. The molecule has 0 aromatic heterocycles. The highest BCUT2D eigenvalue weighted by atomic mass is 32.2. The van der Waals surface area contributed by atoms with Crippen LogP contribution < -0.4 is 0 Å². The summed E-state index contributed by atoms with van der Waals surface area (Å²) in [4.78, 5) is 0. The van der Waals surface area contributed by atoms with E-state index in [1.54, 1.807) is 0 Å². The van der Waals surface area contributed by atoms with E-state index in [1.165, 1.54) is 39.5 Å². The van der Waals surface area contributed by atoms with Crippen molar-refractivity contribution in [1.82, 2.24) is 0 Å². The molecule has 0 bridgehead atoms. The zero-order valence-electron chi connectivity index (χ0n) is 49.7. The Morgan fingerprint density at radius 2 is 0.747 bits per heavy atom. The summed E-state index contributed by atoms with van der Waals surface area (Å²) >= 11 is 1.15. The number of aliphatic hydroxyl groups excluding tert-OH is 14. The molecule has 2 fully saturated rings. The van der Waals surface area contributed by atoms with E-state index >= 15 is 0 Å². The number of hydrogen-bond donors (Lipinski definition) is 16. The summed E-state index contributed by atoms with van der Waals surface area (Å²) in [5.74, 6) is -0.207. The first-order valence-electron chi connectivity index (χ1n) is 30.1. The van der Waals surface area contributed by atoms with Crippen LogP contribution in [0, 0.1) is 10.8 Å². The average Bonchev–Trinajstić information content (AvgIpc) is 3.46. The second-order valence-electron chi connectivity index (χ2n) is 22.7. The summed E-state index contributed by atoms with van der Waals surface area (Å²) in [7, 11) is 0. The predicted octanol–water partition coefficient (Wildman–Crippen LogP) is -0.756. The van der Waals surface area contributed by atoms with Gasteiger partial charge in [-0.2, -0.15) is 11.8 Å². The van der Waals surface area contributed by atoms with E-state index < -0.39 is 175 Å². The van der Waals surface area contributed by atoms with Crippen molar-refractivity contribution in [2.75, 3.05) is 90.8 Å². The number of hydrogen-bond acceptors (Lipinski definition) is 27. The number of aliphatic hydroxyl groups is 16. The maximum atomic E-state index is 11.1. The van der Waals surface area contributed by atoms with Gasteiger partial charge in [0.1, 0.15) is 61.0 Å². The van der Waals surface area contributed by atoms with Crippen LogP contribution in [0.15, 0.2) is 0 Å². The molecule has 496 valence electrons. The molecule has 0 aliphatic carbocycles. The van der Waals surface area contributed by atoms with Gasteiger partial charge in [-0.3, -0.25) is 0 Å². The smallest absolute Gasteiger partial charge is 0.209 e. The minimum absolute atomic E-state index is 0.104. The topological polar surface area (TPSA) is 416 Å². The first-order chi connectivity index (χ1) is 39.7. The van der Waals surface area contributed by atoms with E-state index in [0.29, 0.717) is 12.8 Å². The highest BCUT2D eigenvalue weighted by Gasteiger charge is 2.48. The molecule has 2 rings (SSSR count). The van der Waals surface area contributed by atoms with Gasteiger partial charge in [0.2, 0.25) is 25.2 Å². The van der Waals surface area contributed by atoms with Gasteiger partial charge in [0.05, 0.1) is 78.3 Å². The van der Waals surface area contributed by atoms with Gasteiger partial charge in [-0.15, -0.1) is 0 Å². The lowest BCUT2D eigenvalue weighted by Crippen LogP contribution is -2.60. The fourth-order valence-corrected chi connectivity index (χ4v) is 10.9. The zero-order chi connectivity index (χ0) is 61.8. The predicted molar refractivity (Wildman–Crippen MR) is 301 cm³/mol. The van der Waals surface area contributed by atoms with E-state index in [-0.39, 0.29) is 37.9 Å².